The molecule has 0 aromatic heterocycles. The van der Waals surface area contributed by atoms with Crippen molar-refractivity contribution in [2.75, 3.05) is 7.11 Å². The summed E-state index contributed by atoms with van der Waals surface area (Å²) in [4.78, 5) is 11.3. The third kappa shape index (κ3) is 4.23. The van der Waals surface area contributed by atoms with Gasteiger partial charge in [-0.25, -0.2) is 4.79 Å². The van der Waals surface area contributed by atoms with Crippen molar-refractivity contribution >= 4 is 5.97 Å². The van der Waals surface area contributed by atoms with Gasteiger partial charge in [0.25, 0.3) is 0 Å². The van der Waals surface area contributed by atoms with Crippen LogP contribution in [-0.4, -0.2) is 19.1 Å². The molecule has 18 heavy (non-hydrogen) atoms. The number of methoxy groups -OCH3 is 1. The normalized spacial score (nSPS) is 11.6. The second kappa shape index (κ2) is 7.52. The Morgan fingerprint density at radius 1 is 1.44 bits per heavy atom. The second-order valence-electron chi connectivity index (χ2n) is 4.08. The van der Waals surface area contributed by atoms with Crippen molar-refractivity contribution in [2.24, 2.45) is 0 Å². The molecule has 0 heterocycles. The van der Waals surface area contributed by atoms with Crippen LogP contribution in [0.5, 0.6) is 0 Å². The minimum atomic E-state index is -0.318. The van der Waals surface area contributed by atoms with Crippen LogP contribution in [0.2, 0.25) is 0 Å². The molecule has 0 bridgehead atoms. The number of nitrogens with one attached hydrogen (secondary N) is 1. The lowest BCUT2D eigenvalue weighted by Crippen LogP contribution is -2.26. The molecule has 0 spiro atoms. The third-order valence-corrected chi connectivity index (χ3v) is 2.71. The summed E-state index contributed by atoms with van der Waals surface area (Å²) in [6.45, 7) is 2.81. The van der Waals surface area contributed by atoms with Gasteiger partial charge in [0.05, 0.1) is 18.7 Å². The number of carbonyl (C=O) groups excluding carboxylic acids is 1. The molecule has 3 heteroatoms. The quantitative estimate of drug-likeness (QED) is 0.617. The Hall–Kier alpha value is -1.79. The van der Waals surface area contributed by atoms with Crippen molar-refractivity contribution in [1.82, 2.24) is 5.32 Å². The Labute approximate surface area is 109 Å². The predicted molar refractivity (Wildman–Crippen MR) is 72.2 cm³/mol. The molecule has 1 aromatic carbocycles. The number of terminal acetylenes is 1. The highest BCUT2D eigenvalue weighted by atomic mass is 16.5. The molecule has 0 saturated carbocycles. The first-order valence-corrected chi connectivity index (χ1v) is 6.08. The summed E-state index contributed by atoms with van der Waals surface area (Å²) in [5, 5.41) is 3.30. The molecule has 1 aromatic rings. The Morgan fingerprint density at radius 2 is 2.11 bits per heavy atom. The fourth-order valence-corrected chi connectivity index (χ4v) is 1.65. The summed E-state index contributed by atoms with van der Waals surface area (Å²) in [5.41, 5.74) is 1.65. The third-order valence-electron chi connectivity index (χ3n) is 2.71. The van der Waals surface area contributed by atoms with Crippen LogP contribution in [0.15, 0.2) is 24.3 Å². The molecule has 96 valence electrons. The van der Waals surface area contributed by atoms with Crippen LogP contribution in [0.3, 0.4) is 0 Å². The largest absolute Gasteiger partial charge is 0.465 e. The topological polar surface area (TPSA) is 38.3 Å². The molecule has 1 N–H and O–H groups in total. The number of rotatable bonds is 6. The number of ether oxygens (including phenoxy) is 1. The van der Waals surface area contributed by atoms with Crippen LogP contribution in [0.4, 0.5) is 0 Å². The maximum absolute atomic E-state index is 11.3. The van der Waals surface area contributed by atoms with Gasteiger partial charge in [-0.2, -0.15) is 0 Å². The fourth-order valence-electron chi connectivity index (χ4n) is 1.65. The zero-order chi connectivity index (χ0) is 13.4. The molecule has 1 unspecified atom stereocenters. The Morgan fingerprint density at radius 3 is 2.61 bits per heavy atom. The predicted octanol–water partition coefficient (Wildman–Crippen LogP) is 2.36. The van der Waals surface area contributed by atoms with E-state index in [4.69, 9.17) is 6.42 Å². The SMILES string of the molecule is C#CC(CCC)NCc1ccc(C(=O)OC)cc1. The van der Waals surface area contributed by atoms with E-state index < -0.39 is 0 Å². The van der Waals surface area contributed by atoms with Crippen LogP contribution < -0.4 is 5.32 Å². The molecule has 0 aliphatic rings. The summed E-state index contributed by atoms with van der Waals surface area (Å²) < 4.78 is 4.64. The zero-order valence-electron chi connectivity index (χ0n) is 10.9. The van der Waals surface area contributed by atoms with E-state index in [0.717, 1.165) is 18.4 Å². The van der Waals surface area contributed by atoms with Crippen molar-refractivity contribution in [1.29, 1.82) is 0 Å². The van der Waals surface area contributed by atoms with Crippen molar-refractivity contribution < 1.29 is 9.53 Å². The first-order valence-electron chi connectivity index (χ1n) is 6.08. The maximum Gasteiger partial charge on any atom is 0.337 e. The summed E-state index contributed by atoms with van der Waals surface area (Å²) in [5.74, 6) is 2.41. The fraction of sp³-hybridized carbons (Fsp3) is 0.400. The van der Waals surface area contributed by atoms with Gasteiger partial charge in [0.1, 0.15) is 0 Å². The van der Waals surface area contributed by atoms with Gasteiger partial charge in [0.15, 0.2) is 0 Å². The molecule has 0 saturated heterocycles. The second-order valence-corrected chi connectivity index (χ2v) is 4.08. The smallest absolute Gasteiger partial charge is 0.337 e. The van der Waals surface area contributed by atoms with Gasteiger partial charge in [-0.05, 0) is 24.1 Å². The van der Waals surface area contributed by atoms with E-state index >= 15 is 0 Å². The lowest BCUT2D eigenvalue weighted by atomic mass is 10.1. The van der Waals surface area contributed by atoms with Crippen LogP contribution in [0.1, 0.15) is 35.7 Å². The number of hydrogen-bond acceptors (Lipinski definition) is 3. The molecule has 0 fully saturated rings. The van der Waals surface area contributed by atoms with E-state index in [1.807, 2.05) is 12.1 Å². The van der Waals surface area contributed by atoms with E-state index in [2.05, 4.69) is 22.9 Å². The van der Waals surface area contributed by atoms with Gasteiger partial charge in [-0.3, -0.25) is 5.32 Å². The molecule has 1 rings (SSSR count). The van der Waals surface area contributed by atoms with Crippen molar-refractivity contribution in [3.8, 4) is 12.3 Å². The highest BCUT2D eigenvalue weighted by molar-refractivity contribution is 5.89. The number of benzene rings is 1. The van der Waals surface area contributed by atoms with Gasteiger partial charge in [0.2, 0.25) is 0 Å². The summed E-state index contributed by atoms with van der Waals surface area (Å²) in [7, 11) is 1.38. The lowest BCUT2D eigenvalue weighted by Gasteiger charge is -2.12. The maximum atomic E-state index is 11.3. The van der Waals surface area contributed by atoms with Crippen molar-refractivity contribution in [3.05, 3.63) is 35.4 Å². The summed E-state index contributed by atoms with van der Waals surface area (Å²) in [6.07, 6.45) is 7.46. The zero-order valence-corrected chi connectivity index (χ0v) is 10.9. The van der Waals surface area contributed by atoms with Gasteiger partial charge >= 0.3 is 5.97 Å². The monoisotopic (exact) mass is 245 g/mol. The first kappa shape index (κ1) is 14.3. The minimum absolute atomic E-state index is 0.107. The number of esters is 1. The summed E-state index contributed by atoms with van der Waals surface area (Å²) >= 11 is 0. The van der Waals surface area contributed by atoms with Crippen LogP contribution in [0, 0.1) is 12.3 Å². The minimum Gasteiger partial charge on any atom is -0.465 e. The molecule has 1 atom stereocenters. The van der Waals surface area contributed by atoms with E-state index in [0.29, 0.717) is 12.1 Å². The van der Waals surface area contributed by atoms with Gasteiger partial charge in [0, 0.05) is 6.54 Å². The lowest BCUT2D eigenvalue weighted by molar-refractivity contribution is 0.0600. The molecular weight excluding hydrogens is 226 g/mol. The number of hydrogen-bond donors (Lipinski definition) is 1. The molecule has 3 nitrogen and oxygen atoms in total. The van der Waals surface area contributed by atoms with Gasteiger partial charge < -0.3 is 4.74 Å². The first-order chi connectivity index (χ1) is 8.71. The highest BCUT2D eigenvalue weighted by Gasteiger charge is 2.05. The van der Waals surface area contributed by atoms with E-state index in [1.54, 1.807) is 12.1 Å². The highest BCUT2D eigenvalue weighted by Crippen LogP contribution is 2.06. The van der Waals surface area contributed by atoms with E-state index in [1.165, 1.54) is 7.11 Å². The van der Waals surface area contributed by atoms with Crippen molar-refractivity contribution in [3.63, 3.8) is 0 Å². The Bertz CT molecular complexity index is 417. The van der Waals surface area contributed by atoms with Crippen LogP contribution in [0.25, 0.3) is 0 Å². The molecule has 0 aliphatic heterocycles. The molecular formula is C15H19NO2. The van der Waals surface area contributed by atoms with Gasteiger partial charge in [-0.15, -0.1) is 6.42 Å². The van der Waals surface area contributed by atoms with E-state index in [-0.39, 0.29) is 12.0 Å². The van der Waals surface area contributed by atoms with Crippen LogP contribution in [-0.2, 0) is 11.3 Å². The van der Waals surface area contributed by atoms with Gasteiger partial charge in [-0.1, -0.05) is 31.4 Å². The Kier molecular flexibility index (Phi) is 5.96. The summed E-state index contributed by atoms with van der Waals surface area (Å²) in [6, 6.07) is 7.42. The van der Waals surface area contributed by atoms with E-state index in [9.17, 15) is 4.79 Å². The van der Waals surface area contributed by atoms with Crippen molar-refractivity contribution in [2.45, 2.75) is 32.4 Å². The average Bonchev–Trinajstić information content (AvgIpc) is 2.43. The molecule has 0 amide bonds. The Balaban J connectivity index is 2.54. The van der Waals surface area contributed by atoms with Crippen LogP contribution >= 0.6 is 0 Å². The standard InChI is InChI=1S/C15H19NO2/c1-4-6-14(5-2)16-11-12-7-9-13(10-8-12)15(17)18-3/h2,7-10,14,16H,4,6,11H2,1,3H3. The average molecular weight is 245 g/mol. The number of carbonyl (C=O) groups is 1. The molecule has 0 aliphatic carbocycles. The molecule has 0 radical (unpaired) electrons.